The summed E-state index contributed by atoms with van der Waals surface area (Å²) in [4.78, 5) is 21.7. The van der Waals surface area contributed by atoms with Crippen molar-refractivity contribution in [2.45, 2.75) is 13.8 Å². The lowest BCUT2D eigenvalue weighted by Gasteiger charge is -2.23. The third kappa shape index (κ3) is 6.05. The number of ether oxygens (including phenoxy) is 3. The van der Waals surface area contributed by atoms with E-state index in [9.17, 15) is 4.79 Å². The van der Waals surface area contributed by atoms with Crippen LogP contribution in [0.2, 0.25) is 0 Å². The highest BCUT2D eigenvalue weighted by molar-refractivity contribution is 5.86. The van der Waals surface area contributed by atoms with E-state index in [2.05, 4.69) is 14.7 Å². The second kappa shape index (κ2) is 10.1. The van der Waals surface area contributed by atoms with Gasteiger partial charge in [-0.15, -0.1) is 0 Å². The van der Waals surface area contributed by atoms with Crippen molar-refractivity contribution in [3.63, 3.8) is 0 Å². The number of rotatable bonds is 10. The summed E-state index contributed by atoms with van der Waals surface area (Å²) in [7, 11) is 1.31. The Morgan fingerprint density at radius 3 is 2.14 bits per heavy atom. The lowest BCUT2D eigenvalue weighted by atomic mass is 10.4. The standard InChI is InChI=1S/C14H23N3O4/c1-4-20-8-6-17(7-9-21-5-2)13-11-15-12(10-16-13)14(18)19-3/h10-11H,4-9H2,1-3H3. The number of carbonyl (C=O) groups is 1. The minimum atomic E-state index is -0.496. The highest BCUT2D eigenvalue weighted by Gasteiger charge is 2.11. The summed E-state index contributed by atoms with van der Waals surface area (Å²) in [5.41, 5.74) is 0.191. The summed E-state index contributed by atoms with van der Waals surface area (Å²) in [6.07, 6.45) is 2.97. The molecule has 0 unspecified atom stereocenters. The maximum absolute atomic E-state index is 11.3. The van der Waals surface area contributed by atoms with Crippen LogP contribution in [0.5, 0.6) is 0 Å². The van der Waals surface area contributed by atoms with Gasteiger partial charge in [0.25, 0.3) is 0 Å². The molecule has 21 heavy (non-hydrogen) atoms. The van der Waals surface area contributed by atoms with Gasteiger partial charge in [-0.05, 0) is 13.8 Å². The zero-order valence-electron chi connectivity index (χ0n) is 12.9. The number of methoxy groups -OCH3 is 1. The molecule has 1 rings (SSSR count). The third-order valence-corrected chi connectivity index (χ3v) is 2.78. The number of anilines is 1. The average Bonchev–Trinajstić information content (AvgIpc) is 2.53. The van der Waals surface area contributed by atoms with Crippen LogP contribution in [-0.2, 0) is 14.2 Å². The number of hydrogen-bond donors (Lipinski definition) is 0. The molecule has 7 nitrogen and oxygen atoms in total. The lowest BCUT2D eigenvalue weighted by molar-refractivity contribution is 0.0593. The van der Waals surface area contributed by atoms with Gasteiger partial charge >= 0.3 is 5.97 Å². The molecule has 0 saturated heterocycles. The molecule has 118 valence electrons. The van der Waals surface area contributed by atoms with E-state index in [-0.39, 0.29) is 5.69 Å². The van der Waals surface area contributed by atoms with E-state index in [4.69, 9.17) is 9.47 Å². The van der Waals surface area contributed by atoms with Gasteiger partial charge in [-0.25, -0.2) is 14.8 Å². The fraction of sp³-hybridized carbons (Fsp3) is 0.643. The van der Waals surface area contributed by atoms with Gasteiger partial charge < -0.3 is 19.1 Å². The van der Waals surface area contributed by atoms with Crippen LogP contribution in [0, 0.1) is 0 Å². The van der Waals surface area contributed by atoms with Gasteiger partial charge in [0.2, 0.25) is 0 Å². The Kier molecular flexibility index (Phi) is 8.30. The normalized spacial score (nSPS) is 10.4. The van der Waals surface area contributed by atoms with E-state index in [1.165, 1.54) is 13.3 Å². The topological polar surface area (TPSA) is 73.8 Å². The van der Waals surface area contributed by atoms with Crippen molar-refractivity contribution in [3.05, 3.63) is 18.1 Å². The summed E-state index contributed by atoms with van der Waals surface area (Å²) in [5, 5.41) is 0. The van der Waals surface area contributed by atoms with Gasteiger partial charge in [0.15, 0.2) is 5.69 Å². The molecule has 0 aliphatic rings. The van der Waals surface area contributed by atoms with Crippen LogP contribution < -0.4 is 4.90 Å². The van der Waals surface area contributed by atoms with Crippen LogP contribution in [0.15, 0.2) is 12.4 Å². The van der Waals surface area contributed by atoms with Crippen molar-refractivity contribution in [2.24, 2.45) is 0 Å². The fourth-order valence-electron chi connectivity index (χ4n) is 1.67. The second-order valence-electron chi connectivity index (χ2n) is 4.13. The predicted molar refractivity (Wildman–Crippen MR) is 78.6 cm³/mol. The van der Waals surface area contributed by atoms with Crippen molar-refractivity contribution in [3.8, 4) is 0 Å². The molecule has 0 aliphatic heterocycles. The van der Waals surface area contributed by atoms with Crippen LogP contribution in [0.3, 0.4) is 0 Å². The molecule has 0 atom stereocenters. The minimum Gasteiger partial charge on any atom is -0.464 e. The van der Waals surface area contributed by atoms with Crippen molar-refractivity contribution < 1.29 is 19.0 Å². The number of hydrogen-bond acceptors (Lipinski definition) is 7. The largest absolute Gasteiger partial charge is 0.464 e. The average molecular weight is 297 g/mol. The van der Waals surface area contributed by atoms with Gasteiger partial charge in [-0.3, -0.25) is 0 Å². The maximum Gasteiger partial charge on any atom is 0.358 e. The first kappa shape index (κ1) is 17.3. The van der Waals surface area contributed by atoms with E-state index >= 15 is 0 Å². The summed E-state index contributed by atoms with van der Waals surface area (Å²) in [6, 6.07) is 0. The number of aromatic nitrogens is 2. The molecule has 0 aromatic carbocycles. The van der Waals surface area contributed by atoms with Crippen LogP contribution in [0.4, 0.5) is 5.82 Å². The van der Waals surface area contributed by atoms with Crippen LogP contribution in [0.1, 0.15) is 24.3 Å². The molecule has 0 spiro atoms. The van der Waals surface area contributed by atoms with E-state index in [1.807, 2.05) is 18.7 Å². The fourth-order valence-corrected chi connectivity index (χ4v) is 1.67. The summed E-state index contributed by atoms with van der Waals surface area (Å²) in [6.45, 7) is 7.83. The molecule has 0 aliphatic carbocycles. The van der Waals surface area contributed by atoms with Crippen LogP contribution >= 0.6 is 0 Å². The van der Waals surface area contributed by atoms with E-state index in [1.54, 1.807) is 6.20 Å². The molecular weight excluding hydrogens is 274 g/mol. The molecule has 1 aromatic heterocycles. The molecule has 0 fully saturated rings. The van der Waals surface area contributed by atoms with Crippen LogP contribution in [0.25, 0.3) is 0 Å². The predicted octanol–water partition coefficient (Wildman–Crippen LogP) is 1.14. The number of nitrogens with zero attached hydrogens (tertiary/aromatic N) is 3. The molecule has 7 heteroatoms. The Labute approximate surface area is 125 Å². The van der Waals surface area contributed by atoms with Gasteiger partial charge in [0.1, 0.15) is 5.82 Å². The quantitative estimate of drug-likeness (QED) is 0.473. The van der Waals surface area contributed by atoms with E-state index in [0.717, 1.165) is 0 Å². The SMILES string of the molecule is CCOCCN(CCOCC)c1cnc(C(=O)OC)cn1. The van der Waals surface area contributed by atoms with Gasteiger partial charge in [0, 0.05) is 26.3 Å². The Hall–Kier alpha value is -1.73. The smallest absolute Gasteiger partial charge is 0.358 e. The highest BCUT2D eigenvalue weighted by atomic mass is 16.5. The second-order valence-corrected chi connectivity index (χ2v) is 4.13. The third-order valence-electron chi connectivity index (χ3n) is 2.78. The molecule has 0 radical (unpaired) electrons. The minimum absolute atomic E-state index is 0.191. The maximum atomic E-state index is 11.3. The molecule has 1 aromatic rings. The Morgan fingerprint density at radius 2 is 1.71 bits per heavy atom. The first-order valence-electron chi connectivity index (χ1n) is 7.03. The summed E-state index contributed by atoms with van der Waals surface area (Å²) < 4.78 is 15.3. The lowest BCUT2D eigenvalue weighted by Crippen LogP contribution is -2.32. The van der Waals surface area contributed by atoms with Gasteiger partial charge in [0.05, 0.1) is 32.7 Å². The zero-order chi connectivity index (χ0) is 15.5. The summed E-state index contributed by atoms with van der Waals surface area (Å²) >= 11 is 0. The van der Waals surface area contributed by atoms with Crippen molar-refractivity contribution in [1.82, 2.24) is 9.97 Å². The van der Waals surface area contributed by atoms with Gasteiger partial charge in [-0.1, -0.05) is 0 Å². The molecule has 0 saturated carbocycles. The molecular formula is C14H23N3O4. The van der Waals surface area contributed by atoms with Crippen LogP contribution in [-0.4, -0.2) is 62.6 Å². The highest BCUT2D eigenvalue weighted by Crippen LogP contribution is 2.09. The Bertz CT molecular complexity index is 401. The van der Waals surface area contributed by atoms with E-state index < -0.39 is 5.97 Å². The Morgan fingerprint density at radius 1 is 1.10 bits per heavy atom. The molecule has 0 bridgehead atoms. The Balaban J connectivity index is 2.68. The summed E-state index contributed by atoms with van der Waals surface area (Å²) in [5.74, 6) is 0.186. The number of esters is 1. The van der Waals surface area contributed by atoms with E-state index in [0.29, 0.717) is 45.3 Å². The van der Waals surface area contributed by atoms with Gasteiger partial charge in [-0.2, -0.15) is 0 Å². The number of carbonyl (C=O) groups excluding carboxylic acids is 1. The first-order valence-corrected chi connectivity index (χ1v) is 7.03. The molecule has 0 N–H and O–H groups in total. The monoisotopic (exact) mass is 297 g/mol. The molecule has 1 heterocycles. The first-order chi connectivity index (χ1) is 10.2. The van der Waals surface area contributed by atoms with Crippen molar-refractivity contribution in [2.75, 3.05) is 51.5 Å². The van der Waals surface area contributed by atoms with Crippen molar-refractivity contribution >= 4 is 11.8 Å². The molecule has 0 amide bonds. The van der Waals surface area contributed by atoms with Crippen molar-refractivity contribution in [1.29, 1.82) is 0 Å². The zero-order valence-corrected chi connectivity index (χ0v) is 12.9.